The van der Waals surface area contributed by atoms with Gasteiger partial charge in [-0.1, -0.05) is 17.7 Å². The summed E-state index contributed by atoms with van der Waals surface area (Å²) < 4.78 is 7.95. The first kappa shape index (κ1) is 25.2. The fourth-order valence-electron chi connectivity index (χ4n) is 4.66. The van der Waals surface area contributed by atoms with Gasteiger partial charge in [-0.3, -0.25) is 9.59 Å². The molecule has 1 unspecified atom stereocenters. The summed E-state index contributed by atoms with van der Waals surface area (Å²) in [4.78, 5) is 40.9. The summed E-state index contributed by atoms with van der Waals surface area (Å²) in [5, 5.41) is 13.2. The minimum absolute atomic E-state index is 0.242. The van der Waals surface area contributed by atoms with Gasteiger partial charge in [0.25, 0.3) is 5.56 Å². The Labute approximate surface area is 222 Å². The third-order valence-corrected chi connectivity index (χ3v) is 7.96. The van der Waals surface area contributed by atoms with Gasteiger partial charge in [-0.25, -0.2) is 14.2 Å². The van der Waals surface area contributed by atoms with Crippen LogP contribution in [0.1, 0.15) is 59.2 Å². The summed E-state index contributed by atoms with van der Waals surface area (Å²) in [7, 11) is 0. The molecule has 1 aliphatic carbocycles. The monoisotopic (exact) mass is 539 g/mol. The van der Waals surface area contributed by atoms with E-state index in [2.05, 4.69) is 15.5 Å². The third-order valence-electron chi connectivity index (χ3n) is 6.51. The Morgan fingerprint density at radius 1 is 1.27 bits per heavy atom. The second-order valence-corrected chi connectivity index (χ2v) is 10.5. The van der Waals surface area contributed by atoms with Crippen molar-refractivity contribution in [3.05, 3.63) is 67.5 Å². The van der Waals surface area contributed by atoms with Crippen LogP contribution < -0.4 is 10.9 Å². The summed E-state index contributed by atoms with van der Waals surface area (Å²) in [6.45, 7) is 5.36. The number of anilines is 1. The summed E-state index contributed by atoms with van der Waals surface area (Å²) >= 11 is 7.56. The molecule has 0 radical (unpaired) electrons. The maximum atomic E-state index is 13.6. The van der Waals surface area contributed by atoms with Crippen molar-refractivity contribution >= 4 is 50.7 Å². The minimum atomic E-state index is -0.951. The fourth-order valence-corrected chi connectivity index (χ4v) is 6.12. The number of rotatable bonds is 6. The first-order valence-corrected chi connectivity index (χ1v) is 13.3. The van der Waals surface area contributed by atoms with Crippen molar-refractivity contribution in [2.45, 2.75) is 52.5 Å². The van der Waals surface area contributed by atoms with Crippen molar-refractivity contribution in [3.63, 3.8) is 0 Å². The van der Waals surface area contributed by atoms with E-state index in [-0.39, 0.29) is 6.61 Å². The lowest BCUT2D eigenvalue weighted by Gasteiger charge is -2.16. The number of nitrogens with zero attached hydrogens (tertiary/aromatic N) is 4. The van der Waals surface area contributed by atoms with Gasteiger partial charge in [-0.05, 0) is 70.2 Å². The Balaban J connectivity index is 1.52. The maximum absolute atomic E-state index is 13.6. The highest BCUT2D eigenvalue weighted by atomic mass is 35.5. The maximum Gasteiger partial charge on any atom is 0.341 e. The molecule has 11 heteroatoms. The lowest BCUT2D eigenvalue weighted by atomic mass is 9.95. The quantitative estimate of drug-likeness (QED) is 0.350. The van der Waals surface area contributed by atoms with Crippen LogP contribution >= 0.6 is 22.9 Å². The van der Waals surface area contributed by atoms with Gasteiger partial charge >= 0.3 is 5.97 Å². The largest absolute Gasteiger partial charge is 0.462 e. The Morgan fingerprint density at radius 2 is 2.05 bits per heavy atom. The highest BCUT2D eigenvalue weighted by molar-refractivity contribution is 7.17. The zero-order valence-electron chi connectivity index (χ0n) is 20.7. The van der Waals surface area contributed by atoms with E-state index >= 15 is 0 Å². The molecular weight excluding hydrogens is 514 g/mol. The van der Waals surface area contributed by atoms with Gasteiger partial charge in [0.15, 0.2) is 0 Å². The SMILES string of the molecule is CCOC(=O)c1c(NC(=O)C(C)n2nc(C)c3cnn(-c4cccc(Cl)c4)c3c2=O)sc2c1CCCC2. The number of ether oxygens (including phenoxy) is 1. The van der Waals surface area contributed by atoms with E-state index in [9.17, 15) is 14.4 Å². The van der Waals surface area contributed by atoms with Crippen molar-refractivity contribution in [2.24, 2.45) is 0 Å². The summed E-state index contributed by atoms with van der Waals surface area (Å²) in [6, 6.07) is 6.06. The molecule has 3 aromatic heterocycles. The van der Waals surface area contributed by atoms with E-state index in [1.165, 1.54) is 16.0 Å². The number of thiophene rings is 1. The molecule has 0 aliphatic heterocycles. The van der Waals surface area contributed by atoms with Crippen LogP contribution in [0.4, 0.5) is 5.00 Å². The van der Waals surface area contributed by atoms with Gasteiger partial charge in [-0.2, -0.15) is 10.2 Å². The second-order valence-electron chi connectivity index (χ2n) is 8.93. The number of aromatic nitrogens is 4. The number of nitrogens with one attached hydrogen (secondary N) is 1. The molecule has 1 N–H and O–H groups in total. The standard InChI is InChI=1S/C26H26ClN5O4S/c1-4-36-26(35)21-18-10-5-6-11-20(18)37-24(21)29-23(33)15(3)31-25(34)22-19(14(2)30-31)13-28-32(22)17-9-7-8-16(27)12-17/h7-9,12-13,15H,4-6,10-11H2,1-3H3,(H,29,33). The second kappa shape index (κ2) is 10.1. The lowest BCUT2D eigenvalue weighted by molar-refractivity contribution is -0.119. The fraction of sp³-hybridized carbons (Fsp3) is 0.346. The molecule has 0 bridgehead atoms. The predicted octanol–water partition coefficient (Wildman–Crippen LogP) is 4.86. The van der Waals surface area contributed by atoms with Crippen LogP contribution in [0.2, 0.25) is 5.02 Å². The molecule has 0 saturated heterocycles. The number of aryl methyl sites for hydroxylation is 2. The molecule has 1 aliphatic rings. The van der Waals surface area contributed by atoms with Gasteiger partial charge in [0, 0.05) is 15.3 Å². The Kier molecular flexibility index (Phi) is 6.87. The molecule has 3 heterocycles. The molecule has 37 heavy (non-hydrogen) atoms. The van der Waals surface area contributed by atoms with E-state index in [1.807, 2.05) is 0 Å². The number of amides is 1. The number of halogens is 1. The van der Waals surface area contributed by atoms with Crippen molar-refractivity contribution in [1.29, 1.82) is 0 Å². The van der Waals surface area contributed by atoms with Crippen molar-refractivity contribution < 1.29 is 14.3 Å². The van der Waals surface area contributed by atoms with Gasteiger partial charge in [0.05, 0.1) is 29.7 Å². The lowest BCUT2D eigenvalue weighted by Crippen LogP contribution is -2.34. The van der Waals surface area contributed by atoms with Crippen LogP contribution in [0.3, 0.4) is 0 Å². The number of carbonyl (C=O) groups excluding carboxylic acids is 2. The molecule has 1 atom stereocenters. The molecule has 4 aromatic rings. The summed E-state index contributed by atoms with van der Waals surface area (Å²) in [6.07, 6.45) is 5.24. The third kappa shape index (κ3) is 4.55. The van der Waals surface area contributed by atoms with Gasteiger partial charge in [0.2, 0.25) is 5.91 Å². The first-order chi connectivity index (χ1) is 17.8. The van der Waals surface area contributed by atoms with Crippen LogP contribution in [0.5, 0.6) is 0 Å². The molecule has 0 fully saturated rings. The van der Waals surface area contributed by atoms with Crippen molar-refractivity contribution in [1.82, 2.24) is 19.6 Å². The van der Waals surface area contributed by atoms with Crippen molar-refractivity contribution in [3.8, 4) is 5.69 Å². The highest BCUT2D eigenvalue weighted by Gasteiger charge is 2.29. The Hall–Kier alpha value is -3.50. The van der Waals surface area contributed by atoms with E-state index in [0.29, 0.717) is 37.9 Å². The van der Waals surface area contributed by atoms with E-state index < -0.39 is 23.5 Å². The molecular formula is C26H26ClN5O4S. The number of carbonyl (C=O) groups is 2. The molecule has 192 valence electrons. The van der Waals surface area contributed by atoms with Crippen molar-refractivity contribution in [2.75, 3.05) is 11.9 Å². The normalized spacial score (nSPS) is 13.8. The molecule has 0 spiro atoms. The summed E-state index contributed by atoms with van der Waals surface area (Å²) in [5.41, 5.74) is 2.40. The topological polar surface area (TPSA) is 108 Å². The molecule has 9 nitrogen and oxygen atoms in total. The van der Waals surface area contributed by atoms with E-state index in [4.69, 9.17) is 16.3 Å². The average Bonchev–Trinajstić information content (AvgIpc) is 3.48. The van der Waals surface area contributed by atoms with Crippen LogP contribution in [0.25, 0.3) is 16.6 Å². The predicted molar refractivity (Wildman–Crippen MR) is 143 cm³/mol. The molecule has 1 aromatic carbocycles. The number of hydrogen-bond acceptors (Lipinski definition) is 7. The van der Waals surface area contributed by atoms with Crippen LogP contribution in [-0.2, 0) is 22.4 Å². The van der Waals surface area contributed by atoms with Gasteiger partial charge < -0.3 is 10.1 Å². The van der Waals surface area contributed by atoms with E-state index in [1.54, 1.807) is 51.2 Å². The zero-order chi connectivity index (χ0) is 26.3. The van der Waals surface area contributed by atoms with Crippen LogP contribution in [0.15, 0.2) is 35.3 Å². The van der Waals surface area contributed by atoms with Gasteiger partial charge in [-0.15, -0.1) is 11.3 Å². The Morgan fingerprint density at radius 3 is 2.81 bits per heavy atom. The number of benzene rings is 1. The zero-order valence-corrected chi connectivity index (χ0v) is 22.3. The number of fused-ring (bicyclic) bond motifs is 2. The average molecular weight is 540 g/mol. The summed E-state index contributed by atoms with van der Waals surface area (Å²) in [5.74, 6) is -0.894. The smallest absolute Gasteiger partial charge is 0.341 e. The molecule has 0 saturated carbocycles. The van der Waals surface area contributed by atoms with Crippen LogP contribution in [0, 0.1) is 6.92 Å². The highest BCUT2D eigenvalue weighted by Crippen LogP contribution is 2.39. The Bertz CT molecular complexity index is 1590. The first-order valence-electron chi connectivity index (χ1n) is 12.2. The minimum Gasteiger partial charge on any atom is -0.462 e. The van der Waals surface area contributed by atoms with Gasteiger partial charge in [0.1, 0.15) is 16.6 Å². The van der Waals surface area contributed by atoms with Crippen LogP contribution in [-0.4, -0.2) is 38.0 Å². The molecule has 1 amide bonds. The number of hydrogen-bond donors (Lipinski definition) is 1. The van der Waals surface area contributed by atoms with E-state index in [0.717, 1.165) is 40.8 Å². The molecule has 5 rings (SSSR count). The number of esters is 1.